The Morgan fingerprint density at radius 2 is 2.05 bits per heavy atom. The van der Waals surface area contributed by atoms with Gasteiger partial charge in [0.2, 0.25) is 0 Å². The fourth-order valence-electron chi connectivity index (χ4n) is 4.86. The lowest BCUT2D eigenvalue weighted by Crippen LogP contribution is -2.53. The smallest absolute Gasteiger partial charge is 0.253 e. The molecule has 1 aliphatic heterocycles. The standard InChI is InChI=1S/C28H29ClN8O2/c1-18-4-3-5-22(29)25(18)27(38)35-28(2)6-9-36(10-7-28)24-16-32-23(15-33-24)21-12-20(39-11-8-30)17-37-26(21)19(13-31)14-34-37/h3-5,12,14-17H,6-11,30H2,1-2H3,(H,35,38). The third-order valence-electron chi connectivity index (χ3n) is 7.06. The Balaban J connectivity index is 1.31. The molecule has 3 aromatic heterocycles. The predicted octanol–water partition coefficient (Wildman–Crippen LogP) is 3.75. The van der Waals surface area contributed by atoms with Crippen molar-refractivity contribution in [2.45, 2.75) is 32.2 Å². The largest absolute Gasteiger partial charge is 0.491 e. The minimum absolute atomic E-state index is 0.154. The number of ether oxygens (including phenoxy) is 1. The topological polar surface area (TPSA) is 134 Å². The normalized spacial score (nSPS) is 14.7. The van der Waals surface area contributed by atoms with Gasteiger partial charge in [0.25, 0.3) is 5.91 Å². The van der Waals surface area contributed by atoms with E-state index >= 15 is 0 Å². The first-order valence-electron chi connectivity index (χ1n) is 12.7. The van der Waals surface area contributed by atoms with Crippen molar-refractivity contribution in [1.29, 1.82) is 5.26 Å². The number of piperidine rings is 1. The van der Waals surface area contributed by atoms with Crippen molar-refractivity contribution in [1.82, 2.24) is 24.9 Å². The van der Waals surface area contributed by atoms with Crippen LogP contribution in [-0.4, -0.2) is 57.3 Å². The first-order valence-corrected chi connectivity index (χ1v) is 13.1. The highest BCUT2D eigenvalue weighted by molar-refractivity contribution is 6.34. The first kappa shape index (κ1) is 26.4. The molecule has 39 heavy (non-hydrogen) atoms. The van der Waals surface area contributed by atoms with Crippen molar-refractivity contribution < 1.29 is 9.53 Å². The van der Waals surface area contributed by atoms with Crippen molar-refractivity contribution in [2.75, 3.05) is 31.1 Å². The van der Waals surface area contributed by atoms with Crippen LogP contribution in [0.5, 0.6) is 5.75 Å². The number of nitrogens with one attached hydrogen (secondary N) is 1. The van der Waals surface area contributed by atoms with Crippen LogP contribution in [0.4, 0.5) is 5.82 Å². The minimum Gasteiger partial charge on any atom is -0.491 e. The number of benzene rings is 1. The van der Waals surface area contributed by atoms with Gasteiger partial charge in [0.1, 0.15) is 24.2 Å². The Kier molecular flexibility index (Phi) is 7.37. The lowest BCUT2D eigenvalue weighted by molar-refractivity contribution is 0.0891. The van der Waals surface area contributed by atoms with Gasteiger partial charge in [-0.3, -0.25) is 9.78 Å². The first-order chi connectivity index (χ1) is 18.8. The molecule has 200 valence electrons. The SMILES string of the molecule is Cc1cccc(Cl)c1C(=O)NC1(C)CCN(c2cnc(-c3cc(OCCN)cn4ncc(C#N)c34)cn2)CC1. The second kappa shape index (κ2) is 10.9. The minimum atomic E-state index is -0.363. The van der Waals surface area contributed by atoms with Crippen molar-refractivity contribution >= 4 is 28.8 Å². The number of aryl methyl sites for hydroxylation is 1. The summed E-state index contributed by atoms with van der Waals surface area (Å²) in [5.74, 6) is 1.17. The van der Waals surface area contributed by atoms with E-state index in [1.165, 1.54) is 6.20 Å². The molecule has 1 amide bonds. The Morgan fingerprint density at radius 1 is 1.26 bits per heavy atom. The van der Waals surface area contributed by atoms with Gasteiger partial charge in [0.05, 0.1) is 52.1 Å². The molecule has 0 radical (unpaired) electrons. The molecular formula is C28H29ClN8O2. The summed E-state index contributed by atoms with van der Waals surface area (Å²) in [5.41, 5.74) is 8.96. The maximum Gasteiger partial charge on any atom is 0.253 e. The van der Waals surface area contributed by atoms with E-state index in [1.807, 2.05) is 25.1 Å². The summed E-state index contributed by atoms with van der Waals surface area (Å²) >= 11 is 6.30. The van der Waals surface area contributed by atoms with Crippen molar-refractivity contribution in [3.63, 3.8) is 0 Å². The maximum absolute atomic E-state index is 13.0. The third kappa shape index (κ3) is 5.37. The summed E-state index contributed by atoms with van der Waals surface area (Å²) < 4.78 is 7.32. The van der Waals surface area contributed by atoms with E-state index in [0.717, 1.165) is 24.2 Å². The van der Waals surface area contributed by atoms with E-state index in [9.17, 15) is 10.1 Å². The van der Waals surface area contributed by atoms with Crippen molar-refractivity contribution in [3.8, 4) is 23.1 Å². The van der Waals surface area contributed by atoms with E-state index in [1.54, 1.807) is 29.2 Å². The molecule has 4 aromatic rings. The molecule has 1 aromatic carbocycles. The number of fused-ring (bicyclic) bond motifs is 1. The Hall–Kier alpha value is -4.20. The van der Waals surface area contributed by atoms with Gasteiger partial charge in [0.15, 0.2) is 0 Å². The van der Waals surface area contributed by atoms with E-state index in [0.29, 0.717) is 64.9 Å². The quantitative estimate of drug-likeness (QED) is 0.359. The molecule has 0 aliphatic carbocycles. The monoisotopic (exact) mass is 544 g/mol. The second-order valence-electron chi connectivity index (χ2n) is 9.88. The van der Waals surface area contributed by atoms with Crippen LogP contribution in [0.15, 0.2) is 49.1 Å². The number of aromatic nitrogens is 4. The predicted molar refractivity (Wildman–Crippen MR) is 149 cm³/mol. The van der Waals surface area contributed by atoms with Crippen molar-refractivity contribution in [2.24, 2.45) is 5.73 Å². The van der Waals surface area contributed by atoms with Crippen LogP contribution in [0, 0.1) is 18.3 Å². The van der Waals surface area contributed by atoms with E-state index in [-0.39, 0.29) is 11.4 Å². The molecule has 1 aliphatic rings. The highest BCUT2D eigenvalue weighted by Gasteiger charge is 2.33. The van der Waals surface area contributed by atoms with Gasteiger partial charge in [-0.2, -0.15) is 10.4 Å². The van der Waals surface area contributed by atoms with Gasteiger partial charge in [-0.1, -0.05) is 23.7 Å². The molecule has 3 N–H and O–H groups in total. The molecular weight excluding hydrogens is 516 g/mol. The molecule has 0 spiro atoms. The molecule has 0 bridgehead atoms. The van der Waals surface area contributed by atoms with Gasteiger partial charge in [0, 0.05) is 30.7 Å². The fourth-order valence-corrected chi connectivity index (χ4v) is 5.17. The number of carbonyl (C=O) groups excluding carboxylic acids is 1. The highest BCUT2D eigenvalue weighted by atomic mass is 35.5. The molecule has 5 rings (SSSR count). The van der Waals surface area contributed by atoms with E-state index in [4.69, 9.17) is 22.1 Å². The zero-order valence-electron chi connectivity index (χ0n) is 21.8. The average Bonchev–Trinajstić information content (AvgIpc) is 3.35. The third-order valence-corrected chi connectivity index (χ3v) is 7.38. The summed E-state index contributed by atoms with van der Waals surface area (Å²) in [6.45, 7) is 6.10. The molecule has 0 saturated carbocycles. The summed E-state index contributed by atoms with van der Waals surface area (Å²) in [6.07, 6.45) is 8.15. The lowest BCUT2D eigenvalue weighted by atomic mass is 9.89. The molecule has 11 heteroatoms. The number of pyridine rings is 1. The van der Waals surface area contributed by atoms with Gasteiger partial charge >= 0.3 is 0 Å². The van der Waals surface area contributed by atoms with Crippen LogP contribution < -0.4 is 20.7 Å². The van der Waals surface area contributed by atoms with Crippen LogP contribution in [0.1, 0.15) is 41.3 Å². The molecule has 1 saturated heterocycles. The average molecular weight is 545 g/mol. The second-order valence-corrected chi connectivity index (χ2v) is 10.3. The number of halogens is 1. The number of carbonyl (C=O) groups is 1. The lowest BCUT2D eigenvalue weighted by Gasteiger charge is -2.40. The molecule has 1 fully saturated rings. The van der Waals surface area contributed by atoms with Crippen molar-refractivity contribution in [3.05, 3.63) is 70.8 Å². The van der Waals surface area contributed by atoms with Crippen LogP contribution in [0.25, 0.3) is 16.8 Å². The molecule has 0 atom stereocenters. The van der Waals surface area contributed by atoms with Gasteiger partial charge < -0.3 is 20.7 Å². The number of hydrogen-bond donors (Lipinski definition) is 2. The summed E-state index contributed by atoms with van der Waals surface area (Å²) in [6, 6.07) is 9.47. The van der Waals surface area contributed by atoms with Crippen LogP contribution in [0.2, 0.25) is 5.02 Å². The zero-order chi connectivity index (χ0) is 27.6. The van der Waals surface area contributed by atoms with Gasteiger partial charge in [-0.15, -0.1) is 0 Å². The zero-order valence-corrected chi connectivity index (χ0v) is 22.6. The number of nitriles is 1. The van der Waals surface area contributed by atoms with Crippen LogP contribution in [-0.2, 0) is 0 Å². The molecule has 10 nitrogen and oxygen atoms in total. The fraction of sp³-hybridized carbons (Fsp3) is 0.321. The summed E-state index contributed by atoms with van der Waals surface area (Å²) in [4.78, 5) is 24.5. The molecule has 4 heterocycles. The summed E-state index contributed by atoms with van der Waals surface area (Å²) in [7, 11) is 0. The maximum atomic E-state index is 13.0. The Bertz CT molecular complexity index is 1530. The summed E-state index contributed by atoms with van der Waals surface area (Å²) in [5, 5.41) is 17.5. The molecule has 0 unspecified atom stereocenters. The van der Waals surface area contributed by atoms with Crippen LogP contribution >= 0.6 is 11.6 Å². The van der Waals surface area contributed by atoms with E-state index in [2.05, 4.69) is 38.3 Å². The number of nitrogens with zero attached hydrogens (tertiary/aromatic N) is 6. The van der Waals surface area contributed by atoms with Gasteiger partial charge in [-0.05, 0) is 44.4 Å². The van der Waals surface area contributed by atoms with E-state index < -0.39 is 0 Å². The number of rotatable bonds is 7. The Labute approximate surface area is 231 Å². The van der Waals surface area contributed by atoms with Gasteiger partial charge in [-0.25, -0.2) is 9.50 Å². The Morgan fingerprint density at radius 3 is 2.72 bits per heavy atom. The van der Waals surface area contributed by atoms with Crippen LogP contribution in [0.3, 0.4) is 0 Å². The number of nitrogens with two attached hydrogens (primary N) is 1. The number of amides is 1. The highest BCUT2D eigenvalue weighted by Crippen LogP contribution is 2.31. The number of hydrogen-bond acceptors (Lipinski definition) is 8. The number of anilines is 1.